The summed E-state index contributed by atoms with van der Waals surface area (Å²) in [6.07, 6.45) is 0. The number of rotatable bonds is 6. The van der Waals surface area contributed by atoms with Gasteiger partial charge >= 0.3 is 0 Å². The topological polar surface area (TPSA) is 78.7 Å². The minimum atomic E-state index is -0.474. The van der Waals surface area contributed by atoms with E-state index in [9.17, 15) is 14.9 Å². The van der Waals surface area contributed by atoms with Crippen molar-refractivity contribution in [1.82, 2.24) is 9.80 Å². The van der Waals surface area contributed by atoms with Gasteiger partial charge in [-0.1, -0.05) is 29.8 Å². The molecule has 0 spiro atoms. The smallest absolute Gasteiger partial charge is 0.293 e. The molecule has 2 aromatic carbocycles. The zero-order chi connectivity index (χ0) is 20.1. The lowest BCUT2D eigenvalue weighted by molar-refractivity contribution is -0.384. The fraction of sp³-hybridized carbons (Fsp3) is 0.350. The molecule has 2 aromatic rings. The van der Waals surface area contributed by atoms with Gasteiger partial charge in [0.05, 0.1) is 11.5 Å². The predicted molar refractivity (Wildman–Crippen MR) is 110 cm³/mol. The van der Waals surface area contributed by atoms with E-state index in [1.807, 2.05) is 24.3 Å². The van der Waals surface area contributed by atoms with Gasteiger partial charge in [-0.2, -0.15) is 0 Å². The van der Waals surface area contributed by atoms with Crippen molar-refractivity contribution < 1.29 is 9.72 Å². The molecule has 0 aromatic heterocycles. The van der Waals surface area contributed by atoms with Crippen LogP contribution in [-0.2, 0) is 11.3 Å². The molecule has 1 aliphatic heterocycles. The summed E-state index contributed by atoms with van der Waals surface area (Å²) in [5.74, 6) is -0.238. The summed E-state index contributed by atoms with van der Waals surface area (Å²) in [5.41, 5.74) is 2.15. The van der Waals surface area contributed by atoms with Crippen LogP contribution in [0.5, 0.6) is 0 Å². The van der Waals surface area contributed by atoms with Crippen molar-refractivity contribution in [3.63, 3.8) is 0 Å². The molecule has 0 atom stereocenters. The van der Waals surface area contributed by atoms with Gasteiger partial charge in [0.2, 0.25) is 5.91 Å². The van der Waals surface area contributed by atoms with Gasteiger partial charge in [-0.05, 0) is 36.2 Å². The van der Waals surface area contributed by atoms with Crippen molar-refractivity contribution in [2.75, 3.05) is 38.0 Å². The molecule has 1 saturated heterocycles. The number of nitro benzene ring substituents is 1. The maximum atomic E-state index is 12.3. The van der Waals surface area contributed by atoms with Gasteiger partial charge in [-0.3, -0.25) is 24.7 Å². The molecule has 0 unspecified atom stereocenters. The molecular weight excluding hydrogens is 380 g/mol. The van der Waals surface area contributed by atoms with Crippen LogP contribution in [0.3, 0.4) is 0 Å². The first-order valence-corrected chi connectivity index (χ1v) is 9.52. The van der Waals surface area contributed by atoms with Crippen molar-refractivity contribution in [2.45, 2.75) is 13.5 Å². The van der Waals surface area contributed by atoms with Gasteiger partial charge in [0, 0.05) is 43.8 Å². The number of carbonyl (C=O) groups is 1. The maximum Gasteiger partial charge on any atom is 0.293 e. The first-order chi connectivity index (χ1) is 13.4. The average Bonchev–Trinajstić information content (AvgIpc) is 2.66. The summed E-state index contributed by atoms with van der Waals surface area (Å²) in [4.78, 5) is 27.4. The third kappa shape index (κ3) is 5.51. The highest BCUT2D eigenvalue weighted by atomic mass is 35.5. The number of amides is 1. The minimum Gasteiger partial charge on any atom is -0.319 e. The number of nitrogens with zero attached hydrogens (tertiary/aromatic N) is 3. The second-order valence-corrected chi connectivity index (χ2v) is 7.44. The Morgan fingerprint density at radius 1 is 1.11 bits per heavy atom. The number of nitrogens with one attached hydrogen (secondary N) is 1. The Labute approximate surface area is 169 Å². The van der Waals surface area contributed by atoms with Crippen LogP contribution in [0, 0.1) is 17.0 Å². The number of halogens is 1. The number of aryl methyl sites for hydroxylation is 1. The van der Waals surface area contributed by atoms with Crippen LogP contribution in [0.4, 0.5) is 11.4 Å². The third-order valence-electron chi connectivity index (χ3n) is 4.78. The highest BCUT2D eigenvalue weighted by Crippen LogP contribution is 2.25. The Morgan fingerprint density at radius 3 is 2.39 bits per heavy atom. The molecule has 7 nitrogen and oxygen atoms in total. The molecule has 0 bridgehead atoms. The summed E-state index contributed by atoms with van der Waals surface area (Å²) in [5, 5.41) is 14.6. The van der Waals surface area contributed by atoms with Gasteiger partial charge in [-0.15, -0.1) is 0 Å². The quantitative estimate of drug-likeness (QED) is 0.592. The fourth-order valence-electron chi connectivity index (χ4n) is 3.24. The summed E-state index contributed by atoms with van der Waals surface area (Å²) >= 11 is 5.92. The van der Waals surface area contributed by atoms with Gasteiger partial charge in [0.15, 0.2) is 0 Å². The molecule has 3 rings (SSSR count). The van der Waals surface area contributed by atoms with E-state index in [-0.39, 0.29) is 23.8 Å². The lowest BCUT2D eigenvalue weighted by Gasteiger charge is -2.34. The second kappa shape index (κ2) is 9.14. The third-order valence-corrected chi connectivity index (χ3v) is 5.03. The molecule has 0 saturated carbocycles. The van der Waals surface area contributed by atoms with Crippen molar-refractivity contribution in [1.29, 1.82) is 0 Å². The van der Waals surface area contributed by atoms with Crippen LogP contribution in [0.15, 0.2) is 42.5 Å². The van der Waals surface area contributed by atoms with Gasteiger partial charge in [0.25, 0.3) is 5.69 Å². The molecule has 1 amide bonds. The van der Waals surface area contributed by atoms with Gasteiger partial charge < -0.3 is 5.32 Å². The number of anilines is 1. The molecular formula is C20H23ClN4O3. The van der Waals surface area contributed by atoms with E-state index >= 15 is 0 Å². The number of benzene rings is 2. The summed E-state index contributed by atoms with van der Waals surface area (Å²) < 4.78 is 0. The first-order valence-electron chi connectivity index (χ1n) is 9.15. The van der Waals surface area contributed by atoms with Gasteiger partial charge in [-0.25, -0.2) is 0 Å². The Bertz CT molecular complexity index is 849. The Morgan fingerprint density at radius 2 is 1.75 bits per heavy atom. The van der Waals surface area contributed by atoms with Crippen LogP contribution in [0.1, 0.15) is 11.1 Å². The molecule has 28 heavy (non-hydrogen) atoms. The Kier molecular flexibility index (Phi) is 6.61. The van der Waals surface area contributed by atoms with Crippen molar-refractivity contribution >= 4 is 28.9 Å². The van der Waals surface area contributed by atoms with Crippen LogP contribution < -0.4 is 5.32 Å². The van der Waals surface area contributed by atoms with E-state index in [1.165, 1.54) is 11.6 Å². The summed E-state index contributed by atoms with van der Waals surface area (Å²) in [6.45, 7) is 6.13. The molecule has 148 valence electrons. The van der Waals surface area contributed by atoms with Crippen LogP contribution >= 0.6 is 11.6 Å². The molecule has 1 aliphatic rings. The van der Waals surface area contributed by atoms with Gasteiger partial charge in [0.1, 0.15) is 5.69 Å². The fourth-order valence-corrected chi connectivity index (χ4v) is 3.37. The van der Waals surface area contributed by atoms with Crippen LogP contribution in [-0.4, -0.2) is 53.4 Å². The predicted octanol–water partition coefficient (Wildman–Crippen LogP) is 3.31. The van der Waals surface area contributed by atoms with E-state index in [4.69, 9.17) is 11.6 Å². The van der Waals surface area contributed by atoms with Crippen LogP contribution in [0.2, 0.25) is 5.02 Å². The minimum absolute atomic E-state index is 0.0823. The van der Waals surface area contributed by atoms with Crippen molar-refractivity contribution in [2.24, 2.45) is 0 Å². The van der Waals surface area contributed by atoms with E-state index in [2.05, 4.69) is 15.1 Å². The van der Waals surface area contributed by atoms with E-state index in [0.29, 0.717) is 0 Å². The molecule has 8 heteroatoms. The summed E-state index contributed by atoms with van der Waals surface area (Å²) in [7, 11) is 0. The van der Waals surface area contributed by atoms with Crippen LogP contribution in [0.25, 0.3) is 0 Å². The normalized spacial score (nSPS) is 15.4. The highest BCUT2D eigenvalue weighted by Gasteiger charge is 2.21. The highest BCUT2D eigenvalue weighted by molar-refractivity contribution is 6.30. The lowest BCUT2D eigenvalue weighted by Crippen LogP contribution is -2.48. The number of hydrogen-bond acceptors (Lipinski definition) is 5. The standard InChI is InChI=1S/C20H23ClN4O3/c1-15-2-7-18(19(12-15)25(27)28)22-20(26)14-24-10-8-23(9-11-24)13-16-3-5-17(21)6-4-16/h2-7,12H,8-11,13-14H2,1H3,(H,22,26). The summed E-state index contributed by atoms with van der Waals surface area (Å²) in [6, 6.07) is 12.6. The number of nitro groups is 1. The monoisotopic (exact) mass is 402 g/mol. The number of hydrogen-bond donors (Lipinski definition) is 1. The zero-order valence-electron chi connectivity index (χ0n) is 15.7. The first kappa shape index (κ1) is 20.3. The van der Waals surface area contributed by atoms with Crippen molar-refractivity contribution in [3.8, 4) is 0 Å². The largest absolute Gasteiger partial charge is 0.319 e. The van der Waals surface area contributed by atoms with E-state index in [1.54, 1.807) is 19.1 Å². The number of piperazine rings is 1. The molecule has 1 fully saturated rings. The lowest BCUT2D eigenvalue weighted by atomic mass is 10.2. The molecule has 1 heterocycles. The number of carbonyl (C=O) groups excluding carboxylic acids is 1. The molecule has 1 N–H and O–H groups in total. The van der Waals surface area contributed by atoms with E-state index in [0.717, 1.165) is 43.3 Å². The maximum absolute atomic E-state index is 12.3. The molecule has 0 radical (unpaired) electrons. The SMILES string of the molecule is Cc1ccc(NC(=O)CN2CCN(Cc3ccc(Cl)cc3)CC2)c([N+](=O)[O-])c1. The van der Waals surface area contributed by atoms with E-state index < -0.39 is 4.92 Å². The van der Waals surface area contributed by atoms with Crippen molar-refractivity contribution in [3.05, 3.63) is 68.7 Å². The zero-order valence-corrected chi connectivity index (χ0v) is 16.5. The Balaban J connectivity index is 1.49. The Hall–Kier alpha value is -2.48. The molecule has 0 aliphatic carbocycles. The average molecular weight is 403 g/mol. The second-order valence-electron chi connectivity index (χ2n) is 7.00.